The van der Waals surface area contributed by atoms with Crippen molar-refractivity contribution in [1.82, 2.24) is 34.5 Å². The summed E-state index contributed by atoms with van der Waals surface area (Å²) in [5, 5.41) is 0.722. The van der Waals surface area contributed by atoms with Crippen molar-refractivity contribution in [3.8, 4) is 22.5 Å². The predicted octanol–water partition coefficient (Wildman–Crippen LogP) is 3.68. The first kappa shape index (κ1) is 20.6. The number of aromatic amines is 1. The van der Waals surface area contributed by atoms with E-state index < -0.39 is 0 Å². The van der Waals surface area contributed by atoms with E-state index in [0.29, 0.717) is 28.8 Å². The molecule has 9 nitrogen and oxygen atoms in total. The lowest BCUT2D eigenvalue weighted by molar-refractivity contribution is 0.628. The maximum atomic E-state index is 14.2. The van der Waals surface area contributed by atoms with Gasteiger partial charge < -0.3 is 20.2 Å². The zero-order valence-corrected chi connectivity index (χ0v) is 18.4. The van der Waals surface area contributed by atoms with Gasteiger partial charge in [0.25, 0.3) is 0 Å². The summed E-state index contributed by atoms with van der Waals surface area (Å²) in [5.74, 6) is 1.11. The number of nitrogens with zero attached hydrogens (tertiary/aromatic N) is 7. The number of hydrogen-bond acceptors (Lipinski definition) is 7. The summed E-state index contributed by atoms with van der Waals surface area (Å²) in [4.78, 5) is 27.0. The van der Waals surface area contributed by atoms with Crippen molar-refractivity contribution in [3.63, 3.8) is 0 Å². The smallest absolute Gasteiger partial charge is 0.224 e. The molecule has 0 spiro atoms. The Morgan fingerprint density at radius 3 is 2.48 bits per heavy atom. The lowest BCUT2D eigenvalue weighted by atomic mass is 10.1. The molecule has 0 aliphatic heterocycles. The van der Waals surface area contributed by atoms with Crippen LogP contribution in [0.1, 0.15) is 18.7 Å². The van der Waals surface area contributed by atoms with E-state index in [4.69, 9.17) is 5.73 Å². The van der Waals surface area contributed by atoms with Gasteiger partial charge >= 0.3 is 0 Å². The van der Waals surface area contributed by atoms with E-state index in [-0.39, 0.29) is 11.9 Å². The van der Waals surface area contributed by atoms with Crippen LogP contribution >= 0.6 is 0 Å². The molecule has 3 N–H and O–H groups in total. The van der Waals surface area contributed by atoms with Crippen LogP contribution in [0.3, 0.4) is 0 Å². The number of anilines is 2. The van der Waals surface area contributed by atoms with Gasteiger partial charge in [-0.2, -0.15) is 0 Å². The highest BCUT2D eigenvalue weighted by molar-refractivity contribution is 6.00. The van der Waals surface area contributed by atoms with Gasteiger partial charge in [-0.1, -0.05) is 12.1 Å². The SMILES string of the molecule is CC(c1cnc(-c2ccccc2F)[nH]1)n1cc(-c2cnc(N(C)C)nc2)c2c(N)ncnc21. The maximum absolute atomic E-state index is 14.2. The number of imidazole rings is 1. The van der Waals surface area contributed by atoms with Gasteiger partial charge in [0.05, 0.1) is 28.9 Å². The standard InChI is InChI=1S/C23H22FN9/c1-13(18-10-26-21(31-18)15-6-4-5-7-17(15)24)33-11-16(19-20(25)29-12-30-22(19)33)14-8-27-23(28-9-14)32(2)3/h4-13H,1-3H3,(H,26,31)(H2,25,29,30). The van der Waals surface area contributed by atoms with E-state index >= 15 is 0 Å². The second kappa shape index (κ2) is 7.97. The molecule has 0 aliphatic rings. The molecule has 1 unspecified atom stereocenters. The molecule has 4 heterocycles. The number of rotatable bonds is 5. The van der Waals surface area contributed by atoms with Crippen LogP contribution in [-0.2, 0) is 0 Å². The number of nitrogen functional groups attached to an aromatic ring is 1. The minimum absolute atomic E-state index is 0.189. The zero-order chi connectivity index (χ0) is 23.1. The van der Waals surface area contributed by atoms with Crippen molar-refractivity contribution in [3.05, 3.63) is 66.9 Å². The zero-order valence-electron chi connectivity index (χ0n) is 18.4. The van der Waals surface area contributed by atoms with Crippen molar-refractivity contribution in [2.75, 3.05) is 24.7 Å². The van der Waals surface area contributed by atoms with Crippen LogP contribution in [0.4, 0.5) is 16.2 Å². The van der Waals surface area contributed by atoms with Crippen molar-refractivity contribution < 1.29 is 4.39 Å². The van der Waals surface area contributed by atoms with Crippen molar-refractivity contribution in [1.29, 1.82) is 0 Å². The number of benzene rings is 1. The molecular weight excluding hydrogens is 421 g/mol. The summed E-state index contributed by atoms with van der Waals surface area (Å²) in [6.07, 6.45) is 8.61. The van der Waals surface area contributed by atoms with Crippen LogP contribution in [0.25, 0.3) is 33.5 Å². The molecule has 0 bridgehead atoms. The third kappa shape index (κ3) is 3.55. The second-order valence-corrected chi connectivity index (χ2v) is 7.92. The fraction of sp³-hybridized carbons (Fsp3) is 0.174. The van der Waals surface area contributed by atoms with Crippen molar-refractivity contribution in [2.45, 2.75) is 13.0 Å². The Balaban J connectivity index is 1.59. The third-order valence-corrected chi connectivity index (χ3v) is 5.58. The molecule has 0 fully saturated rings. The molecule has 1 atom stereocenters. The number of halogens is 1. The normalized spacial score (nSPS) is 12.2. The molecule has 0 saturated carbocycles. The minimum atomic E-state index is -0.332. The van der Waals surface area contributed by atoms with Crippen LogP contribution in [0.2, 0.25) is 0 Å². The fourth-order valence-electron chi connectivity index (χ4n) is 3.80. The first-order valence-electron chi connectivity index (χ1n) is 10.3. The Morgan fingerprint density at radius 2 is 1.76 bits per heavy atom. The summed E-state index contributed by atoms with van der Waals surface area (Å²) in [7, 11) is 3.77. The Morgan fingerprint density at radius 1 is 1.00 bits per heavy atom. The topological polar surface area (TPSA) is 114 Å². The number of fused-ring (bicyclic) bond motifs is 1. The fourth-order valence-corrected chi connectivity index (χ4v) is 3.80. The molecule has 0 saturated heterocycles. The van der Waals surface area contributed by atoms with Gasteiger partial charge in [0.1, 0.15) is 29.4 Å². The highest BCUT2D eigenvalue weighted by Crippen LogP contribution is 2.35. The Hall–Kier alpha value is -4.34. The number of H-pyrrole nitrogens is 1. The lowest BCUT2D eigenvalue weighted by Crippen LogP contribution is -2.12. The summed E-state index contributed by atoms with van der Waals surface area (Å²) >= 11 is 0. The van der Waals surface area contributed by atoms with Crippen molar-refractivity contribution in [2.24, 2.45) is 0 Å². The summed E-state index contributed by atoms with van der Waals surface area (Å²) in [6, 6.07) is 6.34. The average molecular weight is 443 g/mol. The Labute approximate surface area is 189 Å². The minimum Gasteiger partial charge on any atom is -0.383 e. The molecular formula is C23H22FN9. The monoisotopic (exact) mass is 443 g/mol. The van der Waals surface area contributed by atoms with Crippen LogP contribution in [-0.4, -0.2) is 48.6 Å². The van der Waals surface area contributed by atoms with E-state index in [1.54, 1.807) is 36.8 Å². The summed E-state index contributed by atoms with van der Waals surface area (Å²) in [6.45, 7) is 2.01. The number of nitrogens with one attached hydrogen (secondary N) is 1. The first-order valence-corrected chi connectivity index (χ1v) is 10.3. The van der Waals surface area contributed by atoms with Gasteiger partial charge in [0, 0.05) is 43.8 Å². The number of aromatic nitrogens is 7. The van der Waals surface area contributed by atoms with Crippen LogP contribution in [0, 0.1) is 5.82 Å². The van der Waals surface area contributed by atoms with E-state index in [1.807, 2.05) is 36.7 Å². The maximum Gasteiger partial charge on any atom is 0.224 e. The van der Waals surface area contributed by atoms with Crippen molar-refractivity contribution >= 4 is 22.8 Å². The molecule has 4 aromatic heterocycles. The summed E-state index contributed by atoms with van der Waals surface area (Å²) < 4.78 is 16.2. The van der Waals surface area contributed by atoms with E-state index in [2.05, 4.69) is 29.9 Å². The van der Waals surface area contributed by atoms with E-state index in [9.17, 15) is 4.39 Å². The van der Waals surface area contributed by atoms with Gasteiger partial charge in [-0.15, -0.1) is 0 Å². The van der Waals surface area contributed by atoms with E-state index in [0.717, 1.165) is 22.2 Å². The molecule has 0 amide bonds. The van der Waals surface area contributed by atoms with Gasteiger partial charge in [-0.05, 0) is 19.1 Å². The third-order valence-electron chi connectivity index (χ3n) is 5.58. The molecule has 0 aliphatic carbocycles. The van der Waals surface area contributed by atoms with Crippen LogP contribution in [0.5, 0.6) is 0 Å². The largest absolute Gasteiger partial charge is 0.383 e. The van der Waals surface area contributed by atoms with Gasteiger partial charge in [0.15, 0.2) is 0 Å². The molecule has 166 valence electrons. The highest BCUT2D eigenvalue weighted by atomic mass is 19.1. The number of hydrogen-bond donors (Lipinski definition) is 2. The average Bonchev–Trinajstić information content (AvgIpc) is 3.45. The van der Waals surface area contributed by atoms with Gasteiger partial charge in [-0.25, -0.2) is 29.3 Å². The van der Waals surface area contributed by atoms with Gasteiger partial charge in [-0.3, -0.25) is 0 Å². The molecule has 1 aromatic carbocycles. The molecule has 0 radical (unpaired) electrons. The molecule has 10 heteroatoms. The van der Waals surface area contributed by atoms with Crippen LogP contribution in [0.15, 0.2) is 55.4 Å². The van der Waals surface area contributed by atoms with Gasteiger partial charge in [0.2, 0.25) is 5.95 Å². The quantitative estimate of drug-likeness (QED) is 0.426. The Kier molecular flexibility index (Phi) is 4.97. The number of nitrogens with two attached hydrogens (primary N) is 1. The molecule has 33 heavy (non-hydrogen) atoms. The van der Waals surface area contributed by atoms with E-state index in [1.165, 1.54) is 12.4 Å². The highest BCUT2D eigenvalue weighted by Gasteiger charge is 2.21. The molecule has 5 rings (SSSR count). The van der Waals surface area contributed by atoms with Crippen LogP contribution < -0.4 is 10.6 Å². The molecule has 5 aromatic rings. The lowest BCUT2D eigenvalue weighted by Gasteiger charge is -2.13. The summed E-state index contributed by atoms with van der Waals surface area (Å²) in [5.41, 5.74) is 9.76. The first-order chi connectivity index (χ1) is 15.9. The predicted molar refractivity (Wildman–Crippen MR) is 125 cm³/mol. The Bertz CT molecular complexity index is 1440. The second-order valence-electron chi connectivity index (χ2n) is 7.92.